The summed E-state index contributed by atoms with van der Waals surface area (Å²) in [7, 11) is 4.17. The molecule has 0 amide bonds. The zero-order chi connectivity index (χ0) is 19.5. The molecule has 0 saturated carbocycles. The van der Waals surface area contributed by atoms with E-state index in [0.717, 1.165) is 34.9 Å². The summed E-state index contributed by atoms with van der Waals surface area (Å²) in [5.74, 6) is 1.10. The average Bonchev–Trinajstić information content (AvgIpc) is 3.42. The van der Waals surface area contributed by atoms with E-state index in [4.69, 9.17) is 0 Å². The van der Waals surface area contributed by atoms with Crippen LogP contribution in [0.1, 0.15) is 22.3 Å². The molecule has 3 aromatic rings. The number of hydrogen-bond acceptors (Lipinski definition) is 2. The Kier molecular flexibility index (Phi) is 10.4. The van der Waals surface area contributed by atoms with Crippen molar-refractivity contribution in [2.24, 2.45) is 0 Å². The van der Waals surface area contributed by atoms with Crippen molar-refractivity contribution in [2.75, 3.05) is 5.75 Å². The zero-order valence-electron chi connectivity index (χ0n) is 15.7. The van der Waals surface area contributed by atoms with E-state index in [9.17, 15) is 0 Å². The van der Waals surface area contributed by atoms with Crippen LogP contribution < -0.4 is 24.8 Å². The summed E-state index contributed by atoms with van der Waals surface area (Å²) in [4.78, 5) is 0. The third-order valence-corrected chi connectivity index (χ3v) is 6.96. The Hall–Kier alpha value is -0.347. The molecule has 0 bridgehead atoms. The molecule has 1 heterocycles. The van der Waals surface area contributed by atoms with Gasteiger partial charge in [-0.1, -0.05) is 41.0 Å². The van der Waals surface area contributed by atoms with Gasteiger partial charge in [-0.25, -0.2) is 0 Å². The molecule has 0 atom stereocenters. The molecule has 0 unspecified atom stereocenters. The fourth-order valence-electron chi connectivity index (χ4n) is 3.76. The van der Waals surface area contributed by atoms with Crippen LogP contribution in [0.2, 0.25) is 0 Å². The van der Waals surface area contributed by atoms with Crippen molar-refractivity contribution < 1.29 is 47.5 Å². The van der Waals surface area contributed by atoms with Crippen LogP contribution in [0.3, 0.4) is 0 Å². The third kappa shape index (κ3) is 5.17. The molecule has 6 rings (SSSR count). The predicted octanol–water partition coefficient (Wildman–Crippen LogP) is 1.41. The van der Waals surface area contributed by atoms with Crippen molar-refractivity contribution in [3.8, 4) is 11.1 Å². The maximum Gasteiger partial charge on any atom is -0.0253 e. The number of hydrogen-bond donors (Lipinski definition) is 0. The van der Waals surface area contributed by atoms with Crippen molar-refractivity contribution in [3.05, 3.63) is 104 Å². The summed E-state index contributed by atoms with van der Waals surface area (Å²) >= 11 is 6.60. The van der Waals surface area contributed by atoms with Gasteiger partial charge in [-0.05, 0) is 27.9 Å². The summed E-state index contributed by atoms with van der Waals surface area (Å²) < 4.78 is 1.28. The van der Waals surface area contributed by atoms with Gasteiger partial charge in [0.15, 0.2) is 0 Å². The van der Waals surface area contributed by atoms with E-state index in [1.54, 1.807) is 0 Å². The topological polar surface area (TPSA) is 0 Å². The molecule has 2 aliphatic carbocycles. The number of benzene rings is 3. The fourth-order valence-corrected chi connectivity index (χ4v) is 5.47. The van der Waals surface area contributed by atoms with Gasteiger partial charge in [-0.15, -0.1) is 58.8 Å². The van der Waals surface area contributed by atoms with Crippen LogP contribution in [0.4, 0.5) is 0 Å². The number of fused-ring (bicyclic) bond motifs is 6. The Labute approximate surface area is 221 Å². The first-order chi connectivity index (χ1) is 13.8. The minimum absolute atomic E-state index is 0. The van der Waals surface area contributed by atoms with Crippen LogP contribution in [-0.4, -0.2) is 5.75 Å². The summed E-state index contributed by atoms with van der Waals surface area (Å²) in [6.07, 6.45) is 3.29. The normalized spacial score (nSPS) is 13.6. The van der Waals surface area contributed by atoms with Crippen molar-refractivity contribution in [3.63, 3.8) is 0 Å². The molecular formula is C24H15BrCl2S2Zr-2. The molecule has 3 aliphatic rings. The second-order valence-corrected chi connectivity index (χ2v) is 8.80. The molecule has 0 nitrogen and oxygen atoms in total. The Morgan fingerprint density at radius 2 is 1.53 bits per heavy atom. The Bertz CT molecular complexity index is 1070. The summed E-state index contributed by atoms with van der Waals surface area (Å²) in [5, 5.41) is 0. The van der Waals surface area contributed by atoms with Gasteiger partial charge < -0.3 is 24.8 Å². The molecule has 150 valence electrons. The quantitative estimate of drug-likeness (QED) is 0.277. The van der Waals surface area contributed by atoms with Gasteiger partial charge in [0.05, 0.1) is 0 Å². The van der Waals surface area contributed by atoms with Gasteiger partial charge in [-0.3, -0.25) is 0 Å². The number of thioether (sulfide) groups is 1. The van der Waals surface area contributed by atoms with Crippen LogP contribution in [0.5, 0.6) is 0 Å². The summed E-state index contributed by atoms with van der Waals surface area (Å²) in [6, 6.07) is 27.5. The number of halogens is 3. The van der Waals surface area contributed by atoms with Crippen LogP contribution in [-0.2, 0) is 29.1 Å². The van der Waals surface area contributed by atoms with Gasteiger partial charge in [0, 0.05) is 9.57 Å². The SMILES string of the molecule is BrC1=C2C(=Cc3[c-]cccc32)CS1.[Cl-].[Cl-].[S]=[Zr+2].[c-]1cccc2c1Cc1ccccc1-2. The molecule has 0 fully saturated rings. The molecule has 6 heteroatoms. The molecule has 30 heavy (non-hydrogen) atoms. The van der Waals surface area contributed by atoms with Gasteiger partial charge >= 0.3 is 31.5 Å². The largest absolute Gasteiger partial charge is 0.179 e. The molecule has 1 aliphatic heterocycles. The van der Waals surface area contributed by atoms with E-state index in [-0.39, 0.29) is 24.8 Å². The molecular weight excluding hydrogens is 594 g/mol. The van der Waals surface area contributed by atoms with E-state index >= 15 is 0 Å². The third-order valence-electron chi connectivity index (χ3n) is 4.96. The fraction of sp³-hybridized carbons (Fsp3) is 0.0833. The first-order valence-electron chi connectivity index (χ1n) is 8.84. The van der Waals surface area contributed by atoms with Crippen molar-refractivity contribution >= 4 is 48.2 Å². The zero-order valence-corrected chi connectivity index (χ0v) is 22.9. The van der Waals surface area contributed by atoms with Gasteiger partial charge in [0.2, 0.25) is 0 Å². The van der Waals surface area contributed by atoms with Crippen LogP contribution >= 0.6 is 36.5 Å². The standard InChI is InChI=1S/C13H9.C11H6BrS.2ClH.S.Zr/c1-3-7-12-10(5-1)9-11-6-2-4-8-13(11)12;12-11-10-8(6-13-11)5-7-3-1-2-4-9(7)10;;;;/h1-5,7-8H,9H2;1-2,4-5H,6H2;2*1H;;/q2*-1;;;;+2/p-2. The molecule has 0 spiro atoms. The number of rotatable bonds is 0. The van der Waals surface area contributed by atoms with Crippen LogP contribution in [0, 0.1) is 12.1 Å². The Balaban J connectivity index is 0.000000186. The maximum atomic E-state index is 4.17. The van der Waals surface area contributed by atoms with E-state index in [1.807, 2.05) is 30.0 Å². The van der Waals surface area contributed by atoms with E-state index in [0.29, 0.717) is 0 Å². The second kappa shape index (κ2) is 12.0. The van der Waals surface area contributed by atoms with Crippen molar-refractivity contribution in [2.45, 2.75) is 6.42 Å². The van der Waals surface area contributed by atoms with Crippen LogP contribution in [0.15, 0.2) is 70.1 Å². The summed E-state index contributed by atoms with van der Waals surface area (Å²) in [5.41, 5.74) is 10.9. The molecule has 0 saturated heterocycles. The average molecular weight is 610 g/mol. The Morgan fingerprint density at radius 1 is 0.867 bits per heavy atom. The maximum absolute atomic E-state index is 4.17. The molecule has 0 N–H and O–H groups in total. The second-order valence-electron chi connectivity index (χ2n) is 6.50. The van der Waals surface area contributed by atoms with Gasteiger partial charge in [0.1, 0.15) is 0 Å². The van der Waals surface area contributed by atoms with Crippen molar-refractivity contribution in [1.82, 2.24) is 0 Å². The predicted molar refractivity (Wildman–Crippen MR) is 123 cm³/mol. The smallest absolute Gasteiger partial charge is 0.0253 e. The first kappa shape index (κ1) is 25.9. The number of allylic oxidation sites excluding steroid dienone is 1. The van der Waals surface area contributed by atoms with Crippen molar-refractivity contribution in [1.29, 1.82) is 0 Å². The van der Waals surface area contributed by atoms with Gasteiger partial charge in [-0.2, -0.15) is 29.8 Å². The molecule has 3 aromatic carbocycles. The monoisotopic (exact) mass is 606 g/mol. The van der Waals surface area contributed by atoms with E-state index in [2.05, 4.69) is 85.5 Å². The minimum Gasteiger partial charge on any atom is -0.179 e. The molecule has 0 radical (unpaired) electrons. The first-order valence-corrected chi connectivity index (χ1v) is 14.0. The minimum atomic E-state index is 0. The van der Waals surface area contributed by atoms with Gasteiger partial charge in [0.25, 0.3) is 0 Å². The Morgan fingerprint density at radius 3 is 2.33 bits per heavy atom. The molecule has 0 aromatic heterocycles. The van der Waals surface area contributed by atoms with Crippen LogP contribution in [0.25, 0.3) is 22.8 Å². The van der Waals surface area contributed by atoms with E-state index in [1.165, 1.54) is 48.3 Å². The van der Waals surface area contributed by atoms with E-state index < -0.39 is 0 Å². The summed E-state index contributed by atoms with van der Waals surface area (Å²) in [6.45, 7) is 0.